The summed E-state index contributed by atoms with van der Waals surface area (Å²) in [5.41, 5.74) is 6.33. The molecule has 0 saturated carbocycles. The molecular weight excluding hydrogens is 142 g/mol. The van der Waals surface area contributed by atoms with E-state index in [2.05, 4.69) is 0 Å². The third kappa shape index (κ3) is 2.27. The van der Waals surface area contributed by atoms with Crippen LogP contribution in [0.1, 0.15) is 12.0 Å². The van der Waals surface area contributed by atoms with Gasteiger partial charge < -0.3 is 14.9 Å². The number of nitrogens with two attached hydrogens (primary N) is 1. The van der Waals surface area contributed by atoms with Gasteiger partial charge in [-0.25, -0.2) is 0 Å². The van der Waals surface area contributed by atoms with Crippen molar-refractivity contribution in [3.63, 3.8) is 0 Å². The van der Waals surface area contributed by atoms with Crippen LogP contribution in [0.4, 0.5) is 0 Å². The average molecular weight is 155 g/mol. The third-order valence-corrected chi connectivity index (χ3v) is 1.40. The fourth-order valence-electron chi connectivity index (χ4n) is 0.755. The van der Waals surface area contributed by atoms with Gasteiger partial charge in [0.1, 0.15) is 0 Å². The van der Waals surface area contributed by atoms with Crippen molar-refractivity contribution >= 4 is 0 Å². The van der Waals surface area contributed by atoms with E-state index in [1.165, 1.54) is 0 Å². The monoisotopic (exact) mass is 155 g/mol. The van der Waals surface area contributed by atoms with Gasteiger partial charge in [0.25, 0.3) is 5.95 Å². The van der Waals surface area contributed by atoms with Crippen molar-refractivity contribution in [2.24, 2.45) is 5.73 Å². The molecule has 1 aromatic heterocycles. The van der Waals surface area contributed by atoms with Crippen LogP contribution < -0.4 is 10.5 Å². The van der Waals surface area contributed by atoms with Gasteiger partial charge in [-0.3, -0.25) is 0 Å². The van der Waals surface area contributed by atoms with Crippen molar-refractivity contribution in [3.05, 3.63) is 17.9 Å². The molecule has 1 rings (SSSR count). The fourth-order valence-corrected chi connectivity index (χ4v) is 0.755. The number of ether oxygens (including phenoxy) is 1. The molecule has 0 aliphatic rings. The molecule has 0 unspecified atom stereocenters. The van der Waals surface area contributed by atoms with Gasteiger partial charge in [-0.1, -0.05) is 0 Å². The first-order chi connectivity index (χ1) is 5.34. The molecule has 0 atom stereocenters. The molecule has 1 aromatic rings. The first-order valence-corrected chi connectivity index (χ1v) is 3.71. The predicted octanol–water partition coefficient (Wildman–Crippen LogP) is 1.32. The summed E-state index contributed by atoms with van der Waals surface area (Å²) in [5.74, 6) is 0.610. The highest BCUT2D eigenvalue weighted by Crippen LogP contribution is 2.17. The smallest absolute Gasteiger partial charge is 0.287 e. The standard InChI is InChI=1S/C8H13NO2/c1-7-3-6-11-8(7)10-5-2-4-9/h3,6H,2,4-5,9H2,1H3. The van der Waals surface area contributed by atoms with E-state index in [-0.39, 0.29) is 0 Å². The summed E-state index contributed by atoms with van der Waals surface area (Å²) in [6.07, 6.45) is 2.48. The summed E-state index contributed by atoms with van der Waals surface area (Å²) in [6.45, 7) is 3.23. The highest BCUT2D eigenvalue weighted by atomic mass is 16.6. The Balaban J connectivity index is 2.32. The van der Waals surface area contributed by atoms with E-state index in [9.17, 15) is 0 Å². The van der Waals surface area contributed by atoms with Crippen LogP contribution in [-0.4, -0.2) is 13.2 Å². The molecule has 2 N–H and O–H groups in total. The van der Waals surface area contributed by atoms with E-state index in [0.717, 1.165) is 12.0 Å². The van der Waals surface area contributed by atoms with Gasteiger partial charge in [-0.15, -0.1) is 0 Å². The first kappa shape index (κ1) is 8.14. The van der Waals surface area contributed by atoms with Crippen LogP contribution in [0.25, 0.3) is 0 Å². The Hall–Kier alpha value is -0.960. The molecular formula is C8H13NO2. The molecule has 62 valence electrons. The molecule has 3 heteroatoms. The maximum Gasteiger partial charge on any atom is 0.287 e. The van der Waals surface area contributed by atoms with Gasteiger partial charge >= 0.3 is 0 Å². The zero-order valence-electron chi connectivity index (χ0n) is 6.67. The normalized spacial score (nSPS) is 10.0. The number of hydrogen-bond donors (Lipinski definition) is 1. The van der Waals surface area contributed by atoms with Gasteiger partial charge in [-0.2, -0.15) is 0 Å². The quantitative estimate of drug-likeness (QED) is 0.667. The molecule has 0 aliphatic carbocycles. The van der Waals surface area contributed by atoms with Crippen LogP contribution in [0.3, 0.4) is 0 Å². The van der Waals surface area contributed by atoms with Crippen LogP contribution in [0.15, 0.2) is 16.7 Å². The minimum atomic E-state index is 0.610. The van der Waals surface area contributed by atoms with E-state index >= 15 is 0 Å². The lowest BCUT2D eigenvalue weighted by atomic mass is 10.4. The van der Waals surface area contributed by atoms with Gasteiger partial charge in [0, 0.05) is 5.56 Å². The van der Waals surface area contributed by atoms with Crippen molar-refractivity contribution in [3.8, 4) is 5.95 Å². The maximum absolute atomic E-state index is 5.30. The molecule has 0 spiro atoms. The molecule has 0 aromatic carbocycles. The van der Waals surface area contributed by atoms with Gasteiger partial charge in [0.2, 0.25) is 0 Å². The fraction of sp³-hybridized carbons (Fsp3) is 0.500. The number of rotatable bonds is 4. The highest BCUT2D eigenvalue weighted by Gasteiger charge is 2.00. The Labute approximate surface area is 66.1 Å². The SMILES string of the molecule is Cc1ccoc1OCCCN. The topological polar surface area (TPSA) is 48.4 Å². The van der Waals surface area contributed by atoms with Gasteiger partial charge in [0.05, 0.1) is 12.9 Å². The predicted molar refractivity (Wildman–Crippen MR) is 42.6 cm³/mol. The van der Waals surface area contributed by atoms with E-state index in [1.807, 2.05) is 13.0 Å². The minimum absolute atomic E-state index is 0.610. The molecule has 0 amide bonds. The van der Waals surface area contributed by atoms with Crippen molar-refractivity contribution in [2.75, 3.05) is 13.2 Å². The second-order valence-electron chi connectivity index (χ2n) is 2.38. The molecule has 11 heavy (non-hydrogen) atoms. The van der Waals surface area contributed by atoms with Crippen LogP contribution >= 0.6 is 0 Å². The summed E-state index contributed by atoms with van der Waals surface area (Å²) in [7, 11) is 0. The number of aryl methyl sites for hydroxylation is 1. The van der Waals surface area contributed by atoms with Gasteiger partial charge in [-0.05, 0) is 26.0 Å². The first-order valence-electron chi connectivity index (χ1n) is 3.71. The average Bonchev–Trinajstić information content (AvgIpc) is 2.37. The zero-order valence-corrected chi connectivity index (χ0v) is 6.67. The lowest BCUT2D eigenvalue weighted by Crippen LogP contribution is -2.05. The van der Waals surface area contributed by atoms with E-state index < -0.39 is 0 Å². The van der Waals surface area contributed by atoms with Crippen LogP contribution in [0.5, 0.6) is 5.95 Å². The summed E-state index contributed by atoms with van der Waals surface area (Å²) in [4.78, 5) is 0. The lowest BCUT2D eigenvalue weighted by molar-refractivity contribution is 0.239. The summed E-state index contributed by atoms with van der Waals surface area (Å²) in [5, 5.41) is 0. The van der Waals surface area contributed by atoms with Crippen molar-refractivity contribution < 1.29 is 9.15 Å². The maximum atomic E-state index is 5.30. The molecule has 0 radical (unpaired) electrons. The Bertz CT molecular complexity index is 208. The van der Waals surface area contributed by atoms with Crippen molar-refractivity contribution in [1.82, 2.24) is 0 Å². The van der Waals surface area contributed by atoms with Crippen LogP contribution in [0.2, 0.25) is 0 Å². The number of hydrogen-bond acceptors (Lipinski definition) is 3. The summed E-state index contributed by atoms with van der Waals surface area (Å²) in [6, 6.07) is 1.87. The highest BCUT2D eigenvalue weighted by molar-refractivity contribution is 5.19. The molecule has 0 saturated heterocycles. The van der Waals surface area contributed by atoms with Crippen molar-refractivity contribution in [2.45, 2.75) is 13.3 Å². The van der Waals surface area contributed by atoms with Crippen molar-refractivity contribution in [1.29, 1.82) is 0 Å². The van der Waals surface area contributed by atoms with Crippen LogP contribution in [-0.2, 0) is 0 Å². The largest absolute Gasteiger partial charge is 0.465 e. The molecule has 1 heterocycles. The second kappa shape index (κ2) is 4.03. The number of furan rings is 1. The van der Waals surface area contributed by atoms with Gasteiger partial charge in [0.15, 0.2) is 0 Å². The van der Waals surface area contributed by atoms with E-state index in [0.29, 0.717) is 19.1 Å². The van der Waals surface area contributed by atoms with Crippen LogP contribution in [0, 0.1) is 6.92 Å². The molecule has 0 fully saturated rings. The Kier molecular flexibility index (Phi) is 2.98. The third-order valence-electron chi connectivity index (χ3n) is 1.40. The minimum Gasteiger partial charge on any atom is -0.465 e. The summed E-state index contributed by atoms with van der Waals surface area (Å²) >= 11 is 0. The molecule has 3 nitrogen and oxygen atoms in total. The van der Waals surface area contributed by atoms with E-state index in [1.54, 1.807) is 6.26 Å². The molecule has 0 aliphatic heterocycles. The van der Waals surface area contributed by atoms with E-state index in [4.69, 9.17) is 14.9 Å². The zero-order chi connectivity index (χ0) is 8.10. The Morgan fingerprint density at radius 1 is 1.64 bits per heavy atom. The lowest BCUT2D eigenvalue weighted by Gasteiger charge is -2.00. The Morgan fingerprint density at radius 3 is 3.00 bits per heavy atom. The molecule has 0 bridgehead atoms. The Morgan fingerprint density at radius 2 is 2.45 bits per heavy atom. The second-order valence-corrected chi connectivity index (χ2v) is 2.38. The summed E-state index contributed by atoms with van der Waals surface area (Å²) < 4.78 is 10.3.